The highest BCUT2D eigenvalue weighted by atomic mass is 32.2. The number of rotatable bonds is 10. The van der Waals surface area contributed by atoms with E-state index < -0.39 is 0 Å². The fraction of sp³-hybridized carbons (Fsp3) is 0.364. The van der Waals surface area contributed by atoms with E-state index in [0.29, 0.717) is 24.9 Å². The number of anilines is 1. The molecule has 1 aromatic carbocycles. The molecule has 0 aliphatic heterocycles. The summed E-state index contributed by atoms with van der Waals surface area (Å²) >= 11 is 1.38. The van der Waals surface area contributed by atoms with E-state index in [4.69, 9.17) is 4.74 Å². The van der Waals surface area contributed by atoms with Crippen molar-refractivity contribution in [2.75, 3.05) is 24.3 Å². The van der Waals surface area contributed by atoms with Gasteiger partial charge in [0.15, 0.2) is 11.0 Å². The number of hydrogen-bond donors (Lipinski definition) is 1. The van der Waals surface area contributed by atoms with Crippen molar-refractivity contribution >= 4 is 23.4 Å². The highest BCUT2D eigenvalue weighted by Gasteiger charge is 2.16. The molecule has 158 valence electrons. The Bertz CT molecular complexity index is 975. The first kappa shape index (κ1) is 22.0. The monoisotopic (exact) mass is 425 g/mol. The van der Waals surface area contributed by atoms with E-state index in [1.807, 2.05) is 48.7 Å². The number of ether oxygens (including phenoxy) is 1. The van der Waals surface area contributed by atoms with Crippen LogP contribution in [0.5, 0.6) is 0 Å². The van der Waals surface area contributed by atoms with Crippen LogP contribution in [-0.2, 0) is 16.1 Å². The molecule has 0 spiro atoms. The van der Waals surface area contributed by atoms with Gasteiger partial charge in [0.25, 0.3) is 0 Å². The Morgan fingerprint density at radius 1 is 1.13 bits per heavy atom. The highest BCUT2D eigenvalue weighted by Crippen LogP contribution is 2.24. The lowest BCUT2D eigenvalue weighted by Crippen LogP contribution is -2.15. The number of carbonyl (C=O) groups excluding carboxylic acids is 1. The number of aryl methyl sites for hydroxylation is 2. The van der Waals surface area contributed by atoms with E-state index in [1.165, 1.54) is 17.3 Å². The first-order chi connectivity index (χ1) is 14.6. The molecule has 0 saturated carbocycles. The summed E-state index contributed by atoms with van der Waals surface area (Å²) in [5, 5.41) is 12.4. The molecular formula is C22H27N5O2S. The minimum absolute atomic E-state index is 0.0717. The van der Waals surface area contributed by atoms with Crippen molar-refractivity contribution in [2.24, 2.45) is 0 Å². The number of amides is 1. The second-order valence-electron chi connectivity index (χ2n) is 6.88. The minimum atomic E-state index is -0.0717. The largest absolute Gasteiger partial charge is 0.382 e. The topological polar surface area (TPSA) is 81.9 Å². The van der Waals surface area contributed by atoms with E-state index in [-0.39, 0.29) is 11.7 Å². The lowest BCUT2D eigenvalue weighted by Gasteiger charge is -2.11. The number of benzene rings is 1. The standard InChI is InChI=1S/C22H27N5O2S/c1-4-29-13-5-12-27-21(18-8-10-23-11-9-18)25-26-22(27)30-15-20(28)24-19-7-6-16(2)17(3)14-19/h6-11,14H,4-5,12-13,15H2,1-3H3,(H,24,28). The number of thioether (sulfide) groups is 1. The van der Waals surface area contributed by atoms with Gasteiger partial charge in [0.2, 0.25) is 5.91 Å². The molecule has 3 aromatic rings. The molecule has 3 rings (SSSR count). The van der Waals surface area contributed by atoms with Gasteiger partial charge in [0, 0.05) is 43.4 Å². The van der Waals surface area contributed by atoms with Gasteiger partial charge >= 0.3 is 0 Å². The molecule has 30 heavy (non-hydrogen) atoms. The van der Waals surface area contributed by atoms with E-state index in [9.17, 15) is 4.79 Å². The summed E-state index contributed by atoms with van der Waals surface area (Å²) in [4.78, 5) is 16.5. The lowest BCUT2D eigenvalue weighted by atomic mass is 10.1. The Morgan fingerprint density at radius 2 is 1.93 bits per heavy atom. The Kier molecular flexibility index (Phi) is 7.98. The molecule has 1 amide bonds. The van der Waals surface area contributed by atoms with Crippen molar-refractivity contribution < 1.29 is 9.53 Å². The molecule has 0 radical (unpaired) electrons. The van der Waals surface area contributed by atoms with Crippen molar-refractivity contribution in [3.05, 3.63) is 53.9 Å². The van der Waals surface area contributed by atoms with Crippen molar-refractivity contribution in [3.63, 3.8) is 0 Å². The average molecular weight is 426 g/mol. The van der Waals surface area contributed by atoms with Crippen LogP contribution in [0.3, 0.4) is 0 Å². The molecule has 0 saturated heterocycles. The fourth-order valence-electron chi connectivity index (χ4n) is 2.93. The van der Waals surface area contributed by atoms with Gasteiger partial charge in [-0.05, 0) is 62.6 Å². The Labute approximate surface area is 181 Å². The summed E-state index contributed by atoms with van der Waals surface area (Å²) in [6, 6.07) is 9.72. The Morgan fingerprint density at radius 3 is 2.67 bits per heavy atom. The van der Waals surface area contributed by atoms with Gasteiger partial charge in [-0.25, -0.2) is 0 Å². The predicted molar refractivity (Wildman–Crippen MR) is 120 cm³/mol. The molecule has 0 atom stereocenters. The molecule has 7 nitrogen and oxygen atoms in total. The molecule has 0 bridgehead atoms. The average Bonchev–Trinajstić information content (AvgIpc) is 3.16. The van der Waals surface area contributed by atoms with Crippen LogP contribution in [0, 0.1) is 13.8 Å². The van der Waals surface area contributed by atoms with E-state index in [1.54, 1.807) is 12.4 Å². The van der Waals surface area contributed by atoms with Gasteiger partial charge in [-0.15, -0.1) is 10.2 Å². The molecule has 2 heterocycles. The van der Waals surface area contributed by atoms with Crippen LogP contribution in [0.15, 0.2) is 47.9 Å². The summed E-state index contributed by atoms with van der Waals surface area (Å²) in [6.07, 6.45) is 4.31. The van der Waals surface area contributed by atoms with Crippen LogP contribution in [-0.4, -0.2) is 44.6 Å². The number of nitrogens with zero attached hydrogens (tertiary/aromatic N) is 4. The minimum Gasteiger partial charge on any atom is -0.382 e. The van der Waals surface area contributed by atoms with Gasteiger partial charge in [0.05, 0.1) is 5.75 Å². The fourth-order valence-corrected chi connectivity index (χ4v) is 3.69. The first-order valence-electron chi connectivity index (χ1n) is 9.99. The van der Waals surface area contributed by atoms with Crippen LogP contribution in [0.4, 0.5) is 5.69 Å². The predicted octanol–water partition coefficient (Wildman–Crippen LogP) is 4.11. The maximum absolute atomic E-state index is 12.5. The quantitative estimate of drug-likeness (QED) is 0.389. The molecule has 1 N–H and O–H groups in total. The first-order valence-corrected chi connectivity index (χ1v) is 11.0. The van der Waals surface area contributed by atoms with Crippen molar-refractivity contribution in [1.29, 1.82) is 0 Å². The van der Waals surface area contributed by atoms with Gasteiger partial charge in [0.1, 0.15) is 0 Å². The van der Waals surface area contributed by atoms with Crippen LogP contribution < -0.4 is 5.32 Å². The molecule has 0 unspecified atom stereocenters. The molecule has 0 aliphatic carbocycles. The van der Waals surface area contributed by atoms with Crippen LogP contribution >= 0.6 is 11.8 Å². The van der Waals surface area contributed by atoms with E-state index in [2.05, 4.69) is 27.4 Å². The van der Waals surface area contributed by atoms with Gasteiger partial charge in [-0.2, -0.15) is 0 Å². The summed E-state index contributed by atoms with van der Waals surface area (Å²) in [5.74, 6) is 0.955. The highest BCUT2D eigenvalue weighted by molar-refractivity contribution is 7.99. The summed E-state index contributed by atoms with van der Waals surface area (Å²) < 4.78 is 7.51. The lowest BCUT2D eigenvalue weighted by molar-refractivity contribution is -0.113. The Balaban J connectivity index is 1.68. The summed E-state index contributed by atoms with van der Waals surface area (Å²) in [7, 11) is 0. The number of carbonyl (C=O) groups is 1. The molecule has 8 heteroatoms. The number of nitrogens with one attached hydrogen (secondary N) is 1. The number of hydrogen-bond acceptors (Lipinski definition) is 6. The van der Waals surface area contributed by atoms with E-state index >= 15 is 0 Å². The summed E-state index contributed by atoms with van der Waals surface area (Å²) in [5.41, 5.74) is 4.10. The zero-order valence-electron chi connectivity index (χ0n) is 17.6. The zero-order chi connectivity index (χ0) is 21.3. The smallest absolute Gasteiger partial charge is 0.234 e. The molecular weight excluding hydrogens is 398 g/mol. The van der Waals surface area contributed by atoms with Gasteiger partial charge in [-0.3, -0.25) is 9.78 Å². The summed E-state index contributed by atoms with van der Waals surface area (Å²) in [6.45, 7) is 8.14. The third-order valence-corrected chi connectivity index (χ3v) is 5.62. The normalized spacial score (nSPS) is 10.9. The van der Waals surface area contributed by atoms with Gasteiger partial charge < -0.3 is 14.6 Å². The van der Waals surface area contributed by atoms with Gasteiger partial charge in [-0.1, -0.05) is 17.8 Å². The van der Waals surface area contributed by atoms with Crippen molar-refractivity contribution in [2.45, 2.75) is 38.9 Å². The van der Waals surface area contributed by atoms with Crippen molar-refractivity contribution in [1.82, 2.24) is 19.7 Å². The second-order valence-corrected chi connectivity index (χ2v) is 7.82. The SMILES string of the molecule is CCOCCCn1c(SCC(=O)Nc2ccc(C)c(C)c2)nnc1-c1ccncc1. The van der Waals surface area contributed by atoms with Crippen LogP contribution in [0.1, 0.15) is 24.5 Å². The molecule has 2 aromatic heterocycles. The van der Waals surface area contributed by atoms with E-state index in [0.717, 1.165) is 29.1 Å². The zero-order valence-corrected chi connectivity index (χ0v) is 18.4. The van der Waals surface area contributed by atoms with Crippen LogP contribution in [0.25, 0.3) is 11.4 Å². The molecule has 0 fully saturated rings. The molecule has 0 aliphatic rings. The number of pyridine rings is 1. The maximum Gasteiger partial charge on any atom is 0.234 e. The van der Waals surface area contributed by atoms with Crippen LogP contribution in [0.2, 0.25) is 0 Å². The third-order valence-electron chi connectivity index (χ3n) is 4.65. The second kappa shape index (κ2) is 10.9. The maximum atomic E-state index is 12.5. The number of aromatic nitrogens is 4. The van der Waals surface area contributed by atoms with Crippen molar-refractivity contribution in [3.8, 4) is 11.4 Å². The third kappa shape index (κ3) is 5.90. The Hall–Kier alpha value is -2.71.